The number of carboxylic acid groups (broad SMARTS) is 1. The van der Waals surface area contributed by atoms with Gasteiger partial charge < -0.3 is 9.84 Å². The molecule has 2 saturated heterocycles. The predicted molar refractivity (Wildman–Crippen MR) is 69.4 cm³/mol. The third-order valence-corrected chi connectivity index (χ3v) is 5.25. The summed E-state index contributed by atoms with van der Waals surface area (Å²) in [5, 5.41) is 9.27. The summed E-state index contributed by atoms with van der Waals surface area (Å²) >= 11 is 1.99. The highest BCUT2D eigenvalue weighted by Gasteiger charge is 2.42. The van der Waals surface area contributed by atoms with Crippen LogP contribution in [0.1, 0.15) is 39.0 Å². The summed E-state index contributed by atoms with van der Waals surface area (Å²) in [6.07, 6.45) is 4.82. The van der Waals surface area contributed by atoms with Crippen molar-refractivity contribution >= 4 is 17.7 Å². The average molecular weight is 258 g/mol. The molecule has 2 aliphatic heterocycles. The summed E-state index contributed by atoms with van der Waals surface area (Å²) < 4.78 is 6.00. The standard InChI is InChI=1S/C13H22O3S/c1-2-11(12(14)15)10-3-6-16-13(9-10)4-7-17-8-5-13/h10-11H,2-9H2,1H3,(H,14,15). The van der Waals surface area contributed by atoms with Crippen LogP contribution in [0, 0.1) is 11.8 Å². The lowest BCUT2D eigenvalue weighted by Gasteiger charge is -2.44. The fraction of sp³-hybridized carbons (Fsp3) is 0.923. The van der Waals surface area contributed by atoms with Crippen LogP contribution in [0.25, 0.3) is 0 Å². The van der Waals surface area contributed by atoms with E-state index in [9.17, 15) is 9.90 Å². The maximum absolute atomic E-state index is 11.3. The Morgan fingerprint density at radius 1 is 1.53 bits per heavy atom. The van der Waals surface area contributed by atoms with Crippen molar-refractivity contribution in [2.45, 2.75) is 44.6 Å². The van der Waals surface area contributed by atoms with E-state index in [1.165, 1.54) is 0 Å². The Hall–Kier alpha value is -0.220. The lowest BCUT2D eigenvalue weighted by molar-refractivity contribution is -0.151. The zero-order valence-corrected chi connectivity index (χ0v) is 11.3. The van der Waals surface area contributed by atoms with Crippen molar-refractivity contribution in [1.82, 2.24) is 0 Å². The Morgan fingerprint density at radius 2 is 2.24 bits per heavy atom. The number of aliphatic carboxylic acids is 1. The van der Waals surface area contributed by atoms with Gasteiger partial charge in [-0.15, -0.1) is 0 Å². The van der Waals surface area contributed by atoms with Crippen molar-refractivity contribution in [3.05, 3.63) is 0 Å². The monoisotopic (exact) mass is 258 g/mol. The Bertz CT molecular complexity index is 268. The first-order valence-electron chi connectivity index (χ1n) is 6.61. The summed E-state index contributed by atoms with van der Waals surface area (Å²) in [5.74, 6) is 1.84. The van der Waals surface area contributed by atoms with Crippen LogP contribution in [-0.2, 0) is 9.53 Å². The molecule has 98 valence electrons. The van der Waals surface area contributed by atoms with Crippen molar-refractivity contribution < 1.29 is 14.6 Å². The number of ether oxygens (including phenoxy) is 1. The predicted octanol–water partition coefficient (Wildman–Crippen LogP) is 2.79. The number of carboxylic acids is 1. The maximum Gasteiger partial charge on any atom is 0.306 e. The van der Waals surface area contributed by atoms with Gasteiger partial charge in [0.2, 0.25) is 0 Å². The van der Waals surface area contributed by atoms with E-state index >= 15 is 0 Å². The lowest BCUT2D eigenvalue weighted by Crippen LogP contribution is -2.45. The number of thioether (sulfide) groups is 1. The van der Waals surface area contributed by atoms with E-state index in [1.54, 1.807) is 0 Å². The second-order valence-corrected chi connectivity index (χ2v) is 6.47. The Kier molecular flexibility index (Phi) is 4.36. The van der Waals surface area contributed by atoms with Gasteiger partial charge in [-0.05, 0) is 49.5 Å². The van der Waals surface area contributed by atoms with Crippen LogP contribution >= 0.6 is 11.8 Å². The smallest absolute Gasteiger partial charge is 0.306 e. The molecule has 2 rings (SSSR count). The van der Waals surface area contributed by atoms with Gasteiger partial charge in [0.1, 0.15) is 0 Å². The molecule has 0 aromatic rings. The Labute approximate surface area is 107 Å². The quantitative estimate of drug-likeness (QED) is 0.845. The van der Waals surface area contributed by atoms with Crippen molar-refractivity contribution in [3.8, 4) is 0 Å². The van der Waals surface area contributed by atoms with Gasteiger partial charge in [0.05, 0.1) is 11.5 Å². The first-order valence-corrected chi connectivity index (χ1v) is 7.77. The number of rotatable bonds is 3. The van der Waals surface area contributed by atoms with E-state index < -0.39 is 5.97 Å². The SMILES string of the molecule is CCC(C(=O)O)C1CCOC2(CCSCC2)C1. The zero-order valence-electron chi connectivity index (χ0n) is 10.5. The summed E-state index contributed by atoms with van der Waals surface area (Å²) in [7, 11) is 0. The van der Waals surface area contributed by atoms with Crippen molar-refractivity contribution in [2.75, 3.05) is 18.1 Å². The summed E-state index contributed by atoms with van der Waals surface area (Å²) in [4.78, 5) is 11.3. The molecule has 2 unspecified atom stereocenters. The molecule has 1 N–H and O–H groups in total. The van der Waals surface area contributed by atoms with E-state index in [1.807, 2.05) is 18.7 Å². The third kappa shape index (κ3) is 2.97. The number of hydrogen-bond donors (Lipinski definition) is 1. The van der Waals surface area contributed by atoms with Crippen LogP contribution in [-0.4, -0.2) is 34.8 Å². The van der Waals surface area contributed by atoms with Gasteiger partial charge in [0.25, 0.3) is 0 Å². The van der Waals surface area contributed by atoms with Crippen molar-refractivity contribution in [2.24, 2.45) is 11.8 Å². The summed E-state index contributed by atoms with van der Waals surface area (Å²) in [5.41, 5.74) is 0.0109. The van der Waals surface area contributed by atoms with Crippen molar-refractivity contribution in [3.63, 3.8) is 0 Å². The van der Waals surface area contributed by atoms with Crippen LogP contribution in [0.2, 0.25) is 0 Å². The molecule has 1 spiro atoms. The summed E-state index contributed by atoms with van der Waals surface area (Å²) in [6, 6.07) is 0. The molecule has 0 saturated carbocycles. The fourth-order valence-electron chi connectivity index (χ4n) is 3.21. The molecular formula is C13H22O3S. The molecule has 0 aliphatic carbocycles. The van der Waals surface area contributed by atoms with E-state index in [0.717, 1.165) is 50.2 Å². The molecule has 0 aromatic heterocycles. The minimum atomic E-state index is -0.625. The molecule has 0 aromatic carbocycles. The molecule has 2 aliphatic rings. The summed E-state index contributed by atoms with van der Waals surface area (Å²) in [6.45, 7) is 2.73. The minimum Gasteiger partial charge on any atom is -0.481 e. The lowest BCUT2D eigenvalue weighted by atomic mass is 9.75. The van der Waals surface area contributed by atoms with Gasteiger partial charge in [-0.25, -0.2) is 0 Å². The van der Waals surface area contributed by atoms with Crippen LogP contribution in [0.15, 0.2) is 0 Å². The van der Waals surface area contributed by atoms with Crippen LogP contribution in [0.3, 0.4) is 0 Å². The highest BCUT2D eigenvalue weighted by atomic mass is 32.2. The van der Waals surface area contributed by atoms with E-state index in [0.29, 0.717) is 5.92 Å². The van der Waals surface area contributed by atoms with Gasteiger partial charge >= 0.3 is 5.97 Å². The Balaban J connectivity index is 2.02. The van der Waals surface area contributed by atoms with Crippen molar-refractivity contribution in [1.29, 1.82) is 0 Å². The number of hydrogen-bond acceptors (Lipinski definition) is 3. The number of carbonyl (C=O) groups is 1. The highest BCUT2D eigenvalue weighted by Crippen LogP contribution is 2.42. The largest absolute Gasteiger partial charge is 0.481 e. The van der Waals surface area contributed by atoms with E-state index in [2.05, 4.69) is 0 Å². The van der Waals surface area contributed by atoms with Crippen LogP contribution < -0.4 is 0 Å². The molecular weight excluding hydrogens is 236 g/mol. The molecule has 2 fully saturated rings. The van der Waals surface area contributed by atoms with Gasteiger partial charge in [0, 0.05) is 6.61 Å². The molecule has 0 amide bonds. The van der Waals surface area contributed by atoms with E-state index in [-0.39, 0.29) is 11.5 Å². The van der Waals surface area contributed by atoms with E-state index in [4.69, 9.17) is 4.74 Å². The molecule has 4 heteroatoms. The molecule has 2 heterocycles. The Morgan fingerprint density at radius 3 is 2.82 bits per heavy atom. The molecule has 2 atom stereocenters. The van der Waals surface area contributed by atoms with Gasteiger partial charge in [-0.3, -0.25) is 4.79 Å². The van der Waals surface area contributed by atoms with Gasteiger partial charge in [0.15, 0.2) is 0 Å². The highest BCUT2D eigenvalue weighted by molar-refractivity contribution is 7.99. The second kappa shape index (κ2) is 5.61. The molecule has 0 bridgehead atoms. The first-order chi connectivity index (χ1) is 8.17. The van der Waals surface area contributed by atoms with Gasteiger partial charge in [-0.2, -0.15) is 11.8 Å². The molecule has 3 nitrogen and oxygen atoms in total. The first kappa shape index (κ1) is 13.2. The third-order valence-electron chi connectivity index (χ3n) is 4.26. The second-order valence-electron chi connectivity index (χ2n) is 5.25. The van der Waals surface area contributed by atoms with Gasteiger partial charge in [-0.1, -0.05) is 6.92 Å². The normalized spacial score (nSPS) is 30.1. The van der Waals surface area contributed by atoms with Crippen LogP contribution in [0.4, 0.5) is 0 Å². The molecule has 17 heavy (non-hydrogen) atoms. The molecule has 0 radical (unpaired) electrons. The fourth-order valence-corrected chi connectivity index (χ4v) is 4.45. The minimum absolute atomic E-state index is 0.0109. The zero-order chi connectivity index (χ0) is 12.3. The maximum atomic E-state index is 11.3. The van der Waals surface area contributed by atoms with Crippen LogP contribution in [0.5, 0.6) is 0 Å². The average Bonchev–Trinajstić information content (AvgIpc) is 2.30. The topological polar surface area (TPSA) is 46.5 Å².